The maximum absolute atomic E-state index is 5.65. The minimum Gasteiger partial charge on any atom is -0.493 e. The third-order valence-corrected chi connectivity index (χ3v) is 4.22. The molecule has 0 amide bonds. The van der Waals surface area contributed by atoms with Crippen molar-refractivity contribution in [2.24, 2.45) is 0 Å². The van der Waals surface area contributed by atoms with Gasteiger partial charge in [0.2, 0.25) is 0 Å². The predicted octanol–water partition coefficient (Wildman–Crippen LogP) is 4.10. The topological polar surface area (TPSA) is 60.0 Å². The highest BCUT2D eigenvalue weighted by Crippen LogP contribution is 2.42. The van der Waals surface area contributed by atoms with E-state index >= 15 is 0 Å². The zero-order chi connectivity index (χ0) is 16.7. The lowest BCUT2D eigenvalue weighted by atomic mass is 10.0. The van der Waals surface area contributed by atoms with Crippen LogP contribution in [0.25, 0.3) is 33.1 Å². The van der Waals surface area contributed by atoms with Gasteiger partial charge in [0.15, 0.2) is 11.5 Å². The van der Waals surface area contributed by atoms with Gasteiger partial charge < -0.3 is 9.47 Å². The summed E-state index contributed by atoms with van der Waals surface area (Å²) in [7, 11) is 3.28. The van der Waals surface area contributed by atoms with Crippen molar-refractivity contribution in [1.29, 1.82) is 0 Å². The molecule has 120 valence electrons. The quantitative estimate of drug-likeness (QED) is 0.617. The molecule has 0 aliphatic carbocycles. The molecule has 0 atom stereocenters. The second kappa shape index (κ2) is 5.53. The van der Waals surface area contributed by atoms with E-state index in [0.29, 0.717) is 11.5 Å². The van der Waals surface area contributed by atoms with E-state index < -0.39 is 0 Å². The Morgan fingerprint density at radius 1 is 0.917 bits per heavy atom. The molecule has 4 aromatic rings. The van der Waals surface area contributed by atoms with Gasteiger partial charge in [-0.2, -0.15) is 5.10 Å². The summed E-state index contributed by atoms with van der Waals surface area (Å²) < 4.78 is 11.1. The number of fused-ring (bicyclic) bond motifs is 3. The number of pyridine rings is 1. The molecule has 2 heterocycles. The zero-order valence-electron chi connectivity index (χ0n) is 13.8. The number of rotatable bonds is 3. The van der Waals surface area contributed by atoms with Crippen LogP contribution in [0.1, 0.15) is 5.69 Å². The van der Waals surface area contributed by atoms with Crippen molar-refractivity contribution in [3.05, 3.63) is 48.2 Å². The molecule has 0 saturated heterocycles. The first kappa shape index (κ1) is 14.5. The lowest BCUT2D eigenvalue weighted by molar-refractivity contribution is 0.358. The number of hydrogen-bond donors (Lipinski definition) is 1. The average molecular weight is 319 g/mol. The van der Waals surface area contributed by atoms with E-state index in [1.54, 1.807) is 14.2 Å². The number of aromatic nitrogens is 3. The van der Waals surface area contributed by atoms with Crippen LogP contribution in [0.2, 0.25) is 0 Å². The van der Waals surface area contributed by atoms with Crippen LogP contribution in [0.3, 0.4) is 0 Å². The van der Waals surface area contributed by atoms with Crippen molar-refractivity contribution >= 4 is 21.8 Å². The second-order valence-electron chi connectivity index (χ2n) is 5.60. The summed E-state index contributed by atoms with van der Waals surface area (Å²) in [4.78, 5) is 4.87. The van der Waals surface area contributed by atoms with Gasteiger partial charge >= 0.3 is 0 Å². The van der Waals surface area contributed by atoms with Crippen molar-refractivity contribution in [1.82, 2.24) is 15.2 Å². The maximum Gasteiger partial charge on any atom is 0.170 e. The fourth-order valence-electron chi connectivity index (χ4n) is 3.08. The average Bonchev–Trinajstić information content (AvgIpc) is 3.01. The first-order chi connectivity index (χ1) is 11.7. The number of nitrogens with one attached hydrogen (secondary N) is 1. The lowest BCUT2D eigenvalue weighted by Gasteiger charge is -2.13. The van der Waals surface area contributed by atoms with Crippen LogP contribution >= 0.6 is 0 Å². The third kappa shape index (κ3) is 2.01. The van der Waals surface area contributed by atoms with Crippen LogP contribution in [0.5, 0.6) is 11.5 Å². The zero-order valence-corrected chi connectivity index (χ0v) is 13.8. The molecule has 0 radical (unpaired) electrons. The minimum absolute atomic E-state index is 0.672. The molecule has 0 fully saturated rings. The summed E-state index contributed by atoms with van der Waals surface area (Å²) in [5.74, 6) is 1.35. The number of methoxy groups -OCH3 is 2. The van der Waals surface area contributed by atoms with E-state index in [4.69, 9.17) is 14.5 Å². The van der Waals surface area contributed by atoms with Gasteiger partial charge in [-0.1, -0.05) is 30.3 Å². The van der Waals surface area contributed by atoms with Gasteiger partial charge in [-0.05, 0) is 19.1 Å². The number of hydrogen-bond acceptors (Lipinski definition) is 4. The van der Waals surface area contributed by atoms with Crippen molar-refractivity contribution in [2.45, 2.75) is 6.92 Å². The Labute approximate surface area is 139 Å². The van der Waals surface area contributed by atoms with Crippen LogP contribution in [-0.2, 0) is 0 Å². The Kier molecular flexibility index (Phi) is 3.34. The molecular formula is C19H17N3O2. The first-order valence-electron chi connectivity index (χ1n) is 7.69. The summed E-state index contributed by atoms with van der Waals surface area (Å²) in [6.07, 6.45) is 0. The highest BCUT2D eigenvalue weighted by atomic mass is 16.5. The number of aryl methyl sites for hydroxylation is 1. The maximum atomic E-state index is 5.65. The van der Waals surface area contributed by atoms with Crippen molar-refractivity contribution < 1.29 is 9.47 Å². The van der Waals surface area contributed by atoms with Gasteiger partial charge in [-0.3, -0.25) is 5.10 Å². The molecule has 0 aliphatic rings. The normalized spacial score (nSPS) is 11.1. The standard InChI is InChI=1S/C19H17N3O2/c1-11-16-18(22-21-11)15-13(9-10-14(23-2)19(15)24-3)17(20-16)12-7-5-4-6-8-12/h4-10H,1-3H3,(H,21,22). The molecule has 1 N–H and O–H groups in total. The van der Waals surface area contributed by atoms with Crippen molar-refractivity contribution in [3.63, 3.8) is 0 Å². The lowest BCUT2D eigenvalue weighted by Crippen LogP contribution is -1.95. The third-order valence-electron chi connectivity index (χ3n) is 4.22. The summed E-state index contributed by atoms with van der Waals surface area (Å²) in [5.41, 5.74) is 4.51. The molecule has 0 aliphatic heterocycles. The molecule has 0 spiro atoms. The van der Waals surface area contributed by atoms with Crippen LogP contribution in [0.15, 0.2) is 42.5 Å². The summed E-state index contributed by atoms with van der Waals surface area (Å²) >= 11 is 0. The smallest absolute Gasteiger partial charge is 0.170 e. The van der Waals surface area contributed by atoms with Gasteiger partial charge in [0.25, 0.3) is 0 Å². The van der Waals surface area contributed by atoms with Crippen LogP contribution in [-0.4, -0.2) is 29.4 Å². The summed E-state index contributed by atoms with van der Waals surface area (Å²) in [6.45, 7) is 1.97. The summed E-state index contributed by atoms with van der Waals surface area (Å²) in [6, 6.07) is 14.0. The SMILES string of the molecule is COc1ccc2c(-c3ccccc3)nc3c(C)[nH]nc3c2c1OC. The second-order valence-corrected chi connectivity index (χ2v) is 5.60. The van der Waals surface area contributed by atoms with Crippen LogP contribution in [0, 0.1) is 6.92 Å². The first-order valence-corrected chi connectivity index (χ1v) is 7.69. The number of benzene rings is 2. The Morgan fingerprint density at radius 3 is 2.42 bits per heavy atom. The van der Waals surface area contributed by atoms with E-state index in [1.165, 1.54) is 0 Å². The molecule has 0 bridgehead atoms. The van der Waals surface area contributed by atoms with Crippen molar-refractivity contribution in [3.8, 4) is 22.8 Å². The van der Waals surface area contributed by atoms with Gasteiger partial charge in [-0.15, -0.1) is 0 Å². The molecule has 4 rings (SSSR count). The van der Waals surface area contributed by atoms with Crippen molar-refractivity contribution in [2.75, 3.05) is 14.2 Å². The molecule has 24 heavy (non-hydrogen) atoms. The molecule has 0 unspecified atom stereocenters. The fourth-order valence-corrected chi connectivity index (χ4v) is 3.08. The number of H-pyrrole nitrogens is 1. The van der Waals surface area contributed by atoms with E-state index in [1.807, 2.05) is 37.3 Å². The monoisotopic (exact) mass is 319 g/mol. The van der Waals surface area contributed by atoms with E-state index in [-0.39, 0.29) is 0 Å². The molecule has 5 heteroatoms. The van der Waals surface area contributed by atoms with E-state index in [0.717, 1.165) is 38.8 Å². The molecule has 5 nitrogen and oxygen atoms in total. The van der Waals surface area contributed by atoms with E-state index in [9.17, 15) is 0 Å². The highest BCUT2D eigenvalue weighted by molar-refractivity contribution is 6.13. The Morgan fingerprint density at radius 2 is 1.71 bits per heavy atom. The molecule has 2 aromatic carbocycles. The van der Waals surface area contributed by atoms with Gasteiger partial charge in [0.1, 0.15) is 11.0 Å². The van der Waals surface area contributed by atoms with Crippen LogP contribution in [0.4, 0.5) is 0 Å². The Balaban J connectivity index is 2.22. The summed E-state index contributed by atoms with van der Waals surface area (Å²) in [5, 5.41) is 9.36. The van der Waals surface area contributed by atoms with Crippen LogP contribution < -0.4 is 9.47 Å². The Hall–Kier alpha value is -3.08. The predicted molar refractivity (Wildman–Crippen MR) is 94.7 cm³/mol. The number of nitrogens with zero attached hydrogens (tertiary/aromatic N) is 2. The number of ether oxygens (including phenoxy) is 2. The van der Waals surface area contributed by atoms with E-state index in [2.05, 4.69) is 22.3 Å². The van der Waals surface area contributed by atoms with Gasteiger partial charge in [0.05, 0.1) is 31.0 Å². The fraction of sp³-hybridized carbons (Fsp3) is 0.158. The minimum atomic E-state index is 0.672. The number of aromatic amines is 1. The van der Waals surface area contributed by atoms with Gasteiger partial charge in [-0.25, -0.2) is 4.98 Å². The largest absolute Gasteiger partial charge is 0.493 e. The Bertz CT molecular complexity index is 1040. The molecule has 2 aromatic heterocycles. The van der Waals surface area contributed by atoms with Gasteiger partial charge in [0, 0.05) is 10.9 Å². The molecular weight excluding hydrogens is 302 g/mol. The highest BCUT2D eigenvalue weighted by Gasteiger charge is 2.19. The molecule has 0 saturated carbocycles.